The number of hydrogen-bond donors (Lipinski definition) is 1. The minimum Gasteiger partial charge on any atom is -0.463 e. The molecular formula is C20H33NO3. The van der Waals surface area contributed by atoms with Gasteiger partial charge in [-0.15, -0.1) is 0 Å². The van der Waals surface area contributed by atoms with Gasteiger partial charge >= 0.3 is 6.09 Å². The highest BCUT2D eigenvalue weighted by Crippen LogP contribution is 2.37. The molecule has 1 N–H and O–H groups in total. The van der Waals surface area contributed by atoms with Crippen LogP contribution in [0, 0.1) is 5.92 Å². The molecule has 1 aromatic heterocycles. The second kappa shape index (κ2) is 7.20. The molecule has 1 aliphatic carbocycles. The molecule has 0 bridgehead atoms. The van der Waals surface area contributed by atoms with E-state index in [-0.39, 0.29) is 17.6 Å². The summed E-state index contributed by atoms with van der Waals surface area (Å²) in [5.74, 6) is 2.20. The predicted octanol–water partition coefficient (Wildman–Crippen LogP) is 5.72. The van der Waals surface area contributed by atoms with E-state index in [1.807, 2.05) is 32.9 Å². The largest absolute Gasteiger partial charge is 0.463 e. The molecular weight excluding hydrogens is 302 g/mol. The van der Waals surface area contributed by atoms with Crippen LogP contribution in [0.4, 0.5) is 4.79 Å². The maximum absolute atomic E-state index is 12.3. The van der Waals surface area contributed by atoms with Gasteiger partial charge in [-0.25, -0.2) is 4.79 Å². The zero-order valence-corrected chi connectivity index (χ0v) is 16.1. The first-order valence-corrected chi connectivity index (χ1v) is 9.16. The predicted molar refractivity (Wildman–Crippen MR) is 96.1 cm³/mol. The van der Waals surface area contributed by atoms with Crippen molar-refractivity contribution in [3.63, 3.8) is 0 Å². The fourth-order valence-corrected chi connectivity index (χ4v) is 3.25. The number of nitrogens with one attached hydrogen (secondary N) is 1. The normalized spacial score (nSPS) is 18.2. The summed E-state index contributed by atoms with van der Waals surface area (Å²) in [4.78, 5) is 12.3. The monoisotopic (exact) mass is 335 g/mol. The first-order chi connectivity index (χ1) is 11.1. The summed E-state index contributed by atoms with van der Waals surface area (Å²) in [6.07, 6.45) is 5.57. The van der Waals surface area contributed by atoms with Crippen LogP contribution in [0.15, 0.2) is 16.5 Å². The Bertz CT molecular complexity index is 542. The van der Waals surface area contributed by atoms with Crippen LogP contribution in [0.1, 0.15) is 91.2 Å². The lowest BCUT2D eigenvalue weighted by molar-refractivity contribution is 0.0464. The minimum atomic E-state index is -0.499. The van der Waals surface area contributed by atoms with E-state index >= 15 is 0 Å². The highest BCUT2D eigenvalue weighted by molar-refractivity contribution is 5.68. The molecule has 1 aliphatic rings. The molecule has 0 unspecified atom stereocenters. The Hall–Kier alpha value is -1.45. The Morgan fingerprint density at radius 2 is 1.75 bits per heavy atom. The second-order valence-corrected chi connectivity index (χ2v) is 8.97. The van der Waals surface area contributed by atoms with Crippen molar-refractivity contribution in [2.45, 2.75) is 90.7 Å². The van der Waals surface area contributed by atoms with Gasteiger partial charge in [0.1, 0.15) is 17.1 Å². The second-order valence-electron chi connectivity index (χ2n) is 8.97. The van der Waals surface area contributed by atoms with Gasteiger partial charge in [0.15, 0.2) is 0 Å². The molecule has 0 saturated heterocycles. The molecule has 1 heterocycles. The number of carbonyl (C=O) groups is 1. The molecule has 4 heteroatoms. The highest BCUT2D eigenvalue weighted by Gasteiger charge is 2.31. The van der Waals surface area contributed by atoms with Crippen LogP contribution < -0.4 is 5.32 Å². The third-order valence-electron chi connectivity index (χ3n) is 4.47. The fourth-order valence-electron chi connectivity index (χ4n) is 3.25. The summed E-state index contributed by atoms with van der Waals surface area (Å²) in [7, 11) is 0. The van der Waals surface area contributed by atoms with Gasteiger partial charge in [-0.1, -0.05) is 40.0 Å². The van der Waals surface area contributed by atoms with Gasteiger partial charge in [0.25, 0.3) is 0 Å². The molecule has 1 fully saturated rings. The van der Waals surface area contributed by atoms with Crippen LogP contribution in [0.5, 0.6) is 0 Å². The van der Waals surface area contributed by atoms with Crippen LogP contribution in [0.2, 0.25) is 0 Å². The lowest BCUT2D eigenvalue weighted by atomic mass is 9.83. The van der Waals surface area contributed by atoms with E-state index in [9.17, 15) is 4.79 Å². The number of furan rings is 1. The highest BCUT2D eigenvalue weighted by atomic mass is 16.6. The molecule has 1 atom stereocenters. The molecule has 0 radical (unpaired) electrons. The average Bonchev–Trinajstić information content (AvgIpc) is 2.93. The lowest BCUT2D eigenvalue weighted by Crippen LogP contribution is -2.38. The molecule has 0 spiro atoms. The maximum atomic E-state index is 12.3. The van der Waals surface area contributed by atoms with Crippen molar-refractivity contribution in [2.75, 3.05) is 0 Å². The van der Waals surface area contributed by atoms with Gasteiger partial charge in [-0.05, 0) is 51.7 Å². The molecule has 136 valence electrons. The zero-order valence-electron chi connectivity index (χ0n) is 16.1. The summed E-state index contributed by atoms with van der Waals surface area (Å²) in [5.41, 5.74) is -0.539. The Morgan fingerprint density at radius 1 is 1.12 bits per heavy atom. The van der Waals surface area contributed by atoms with E-state index < -0.39 is 5.60 Å². The average molecular weight is 335 g/mol. The standard InChI is InChI=1S/C20H33NO3/c1-19(2,3)16-13-12-15(23-16)17(14-10-8-7-9-11-14)21-18(22)24-20(4,5)6/h12-14,17H,7-11H2,1-6H3,(H,21,22)/t17-/m1/s1. The quantitative estimate of drug-likeness (QED) is 0.768. The SMILES string of the molecule is CC(C)(C)OC(=O)N[C@@H](c1ccc(C(C)(C)C)o1)C1CCCCC1. The van der Waals surface area contributed by atoms with E-state index in [0.29, 0.717) is 5.92 Å². The van der Waals surface area contributed by atoms with Crippen LogP contribution in [0.3, 0.4) is 0 Å². The number of alkyl carbamates (subject to hydrolysis) is 1. The van der Waals surface area contributed by atoms with Crippen molar-refractivity contribution in [3.8, 4) is 0 Å². The van der Waals surface area contributed by atoms with Crippen molar-refractivity contribution in [2.24, 2.45) is 5.92 Å². The Kier molecular flexibility index (Phi) is 5.67. The third kappa shape index (κ3) is 5.29. The summed E-state index contributed by atoms with van der Waals surface area (Å²) >= 11 is 0. The van der Waals surface area contributed by atoms with Gasteiger partial charge in [-0.3, -0.25) is 0 Å². The van der Waals surface area contributed by atoms with E-state index in [0.717, 1.165) is 24.4 Å². The molecule has 4 nitrogen and oxygen atoms in total. The number of amides is 1. The topological polar surface area (TPSA) is 51.5 Å². The van der Waals surface area contributed by atoms with Crippen LogP contribution >= 0.6 is 0 Å². The fraction of sp³-hybridized carbons (Fsp3) is 0.750. The van der Waals surface area contributed by atoms with Gasteiger partial charge in [0.2, 0.25) is 0 Å². The van der Waals surface area contributed by atoms with Crippen molar-refractivity contribution in [3.05, 3.63) is 23.7 Å². The lowest BCUT2D eigenvalue weighted by Gasteiger charge is -2.30. The third-order valence-corrected chi connectivity index (χ3v) is 4.47. The van der Waals surface area contributed by atoms with E-state index in [1.54, 1.807) is 0 Å². The van der Waals surface area contributed by atoms with Crippen molar-refractivity contribution >= 4 is 6.09 Å². The Labute approximate surface area is 146 Å². The summed E-state index contributed by atoms with van der Waals surface area (Å²) < 4.78 is 11.6. The molecule has 1 amide bonds. The molecule has 0 aromatic carbocycles. The number of carbonyl (C=O) groups excluding carboxylic acids is 1. The molecule has 1 aromatic rings. The molecule has 24 heavy (non-hydrogen) atoms. The maximum Gasteiger partial charge on any atom is 0.408 e. The van der Waals surface area contributed by atoms with Crippen LogP contribution in [-0.4, -0.2) is 11.7 Å². The van der Waals surface area contributed by atoms with Crippen LogP contribution in [-0.2, 0) is 10.2 Å². The summed E-state index contributed by atoms with van der Waals surface area (Å²) in [6.45, 7) is 12.0. The zero-order chi connectivity index (χ0) is 18.0. The van der Waals surface area contributed by atoms with Gasteiger partial charge < -0.3 is 14.5 Å². The van der Waals surface area contributed by atoms with Crippen molar-refractivity contribution in [1.29, 1.82) is 0 Å². The number of ether oxygens (including phenoxy) is 1. The molecule has 2 rings (SSSR count). The van der Waals surface area contributed by atoms with Gasteiger partial charge in [0, 0.05) is 5.41 Å². The number of rotatable bonds is 3. The molecule has 1 saturated carbocycles. The first-order valence-electron chi connectivity index (χ1n) is 9.16. The Balaban J connectivity index is 2.19. The van der Waals surface area contributed by atoms with E-state index in [2.05, 4.69) is 26.1 Å². The summed E-state index contributed by atoms with van der Waals surface area (Å²) in [5, 5.41) is 3.07. The first kappa shape index (κ1) is 18.9. The van der Waals surface area contributed by atoms with Crippen molar-refractivity contribution < 1.29 is 13.9 Å². The number of hydrogen-bond acceptors (Lipinski definition) is 3. The summed E-state index contributed by atoms with van der Waals surface area (Å²) in [6, 6.07) is 3.93. The van der Waals surface area contributed by atoms with E-state index in [4.69, 9.17) is 9.15 Å². The van der Waals surface area contributed by atoms with E-state index in [1.165, 1.54) is 19.3 Å². The minimum absolute atomic E-state index is 0.0404. The smallest absolute Gasteiger partial charge is 0.408 e. The van der Waals surface area contributed by atoms with Crippen molar-refractivity contribution in [1.82, 2.24) is 5.32 Å². The van der Waals surface area contributed by atoms with Gasteiger partial charge in [0.05, 0.1) is 6.04 Å². The van der Waals surface area contributed by atoms with Gasteiger partial charge in [-0.2, -0.15) is 0 Å². The molecule has 0 aliphatic heterocycles. The van der Waals surface area contributed by atoms with Crippen LogP contribution in [0.25, 0.3) is 0 Å². The Morgan fingerprint density at radius 3 is 2.25 bits per heavy atom.